The molecule has 1 saturated carbocycles. The molecule has 1 N–H and O–H groups in total. The lowest BCUT2D eigenvalue weighted by Gasteiger charge is -2.31. The Hall–Kier alpha value is -2.44. The molecular formula is C16H19N5O2. The number of piperidine rings is 1. The number of H-pyrrole nitrogens is 1. The van der Waals surface area contributed by atoms with E-state index in [4.69, 9.17) is 0 Å². The molecule has 1 aliphatic carbocycles. The predicted octanol–water partition coefficient (Wildman–Crippen LogP) is 1.07. The summed E-state index contributed by atoms with van der Waals surface area (Å²) in [6.45, 7) is 1.50. The zero-order valence-electron chi connectivity index (χ0n) is 12.8. The fourth-order valence-corrected chi connectivity index (χ4v) is 3.12. The number of pyridine rings is 1. The molecule has 2 aliphatic rings. The van der Waals surface area contributed by atoms with Crippen LogP contribution in [0.1, 0.15) is 37.4 Å². The SMILES string of the molecule is O=C(C1CC1)N1CCC(c2nn(-c3ccccn3)c(=O)[nH]2)CC1. The Morgan fingerprint density at radius 1 is 1.17 bits per heavy atom. The summed E-state index contributed by atoms with van der Waals surface area (Å²) in [6, 6.07) is 5.38. The van der Waals surface area contributed by atoms with Crippen molar-refractivity contribution in [2.45, 2.75) is 31.6 Å². The maximum Gasteiger partial charge on any atom is 0.349 e. The fourth-order valence-electron chi connectivity index (χ4n) is 3.12. The molecule has 2 aromatic heterocycles. The van der Waals surface area contributed by atoms with E-state index in [0.29, 0.717) is 17.5 Å². The van der Waals surface area contributed by atoms with Gasteiger partial charge in [-0.3, -0.25) is 9.78 Å². The maximum absolute atomic E-state index is 12.1. The van der Waals surface area contributed by atoms with Crippen LogP contribution in [0.5, 0.6) is 0 Å². The number of aromatic nitrogens is 4. The number of hydrogen-bond acceptors (Lipinski definition) is 4. The van der Waals surface area contributed by atoms with Crippen LogP contribution in [0.3, 0.4) is 0 Å². The second kappa shape index (κ2) is 5.64. The van der Waals surface area contributed by atoms with Crippen molar-refractivity contribution in [3.8, 4) is 5.82 Å². The number of nitrogens with zero attached hydrogens (tertiary/aromatic N) is 4. The van der Waals surface area contributed by atoms with Crippen molar-refractivity contribution < 1.29 is 4.79 Å². The van der Waals surface area contributed by atoms with Gasteiger partial charge in [0, 0.05) is 31.1 Å². The van der Waals surface area contributed by atoms with E-state index in [1.54, 1.807) is 18.3 Å². The van der Waals surface area contributed by atoms with E-state index >= 15 is 0 Å². The van der Waals surface area contributed by atoms with Crippen LogP contribution < -0.4 is 5.69 Å². The smallest absolute Gasteiger partial charge is 0.342 e. The van der Waals surface area contributed by atoms with Gasteiger partial charge in [0.05, 0.1) is 0 Å². The van der Waals surface area contributed by atoms with Crippen molar-refractivity contribution in [3.63, 3.8) is 0 Å². The molecule has 120 valence electrons. The second-order valence-corrected chi connectivity index (χ2v) is 6.29. The third kappa shape index (κ3) is 2.78. The lowest BCUT2D eigenvalue weighted by atomic mass is 9.96. The summed E-state index contributed by atoms with van der Waals surface area (Å²) < 4.78 is 1.30. The van der Waals surface area contributed by atoms with Gasteiger partial charge in [-0.1, -0.05) is 6.07 Å². The Balaban J connectivity index is 1.47. The molecule has 2 fully saturated rings. The van der Waals surface area contributed by atoms with Crippen LogP contribution in [-0.2, 0) is 4.79 Å². The lowest BCUT2D eigenvalue weighted by Crippen LogP contribution is -2.39. The first kappa shape index (κ1) is 14.2. The lowest BCUT2D eigenvalue weighted by molar-refractivity contribution is -0.133. The maximum atomic E-state index is 12.1. The fraction of sp³-hybridized carbons (Fsp3) is 0.500. The third-order valence-electron chi connectivity index (χ3n) is 4.62. The minimum absolute atomic E-state index is 0.191. The monoisotopic (exact) mass is 313 g/mol. The molecule has 3 heterocycles. The van der Waals surface area contributed by atoms with E-state index in [1.165, 1.54) is 4.68 Å². The Bertz CT molecular complexity index is 754. The van der Waals surface area contributed by atoms with Crippen LogP contribution in [0.2, 0.25) is 0 Å². The summed E-state index contributed by atoms with van der Waals surface area (Å²) in [5.41, 5.74) is -0.268. The highest BCUT2D eigenvalue weighted by Crippen LogP contribution is 2.33. The van der Waals surface area contributed by atoms with Crippen molar-refractivity contribution in [1.82, 2.24) is 24.6 Å². The van der Waals surface area contributed by atoms with Crippen LogP contribution in [-0.4, -0.2) is 43.6 Å². The summed E-state index contributed by atoms with van der Waals surface area (Å²) in [6.07, 6.45) is 5.40. The molecule has 2 aromatic rings. The molecule has 7 heteroatoms. The molecule has 23 heavy (non-hydrogen) atoms. The van der Waals surface area contributed by atoms with Gasteiger partial charge in [0.25, 0.3) is 0 Å². The van der Waals surface area contributed by atoms with Crippen molar-refractivity contribution in [2.75, 3.05) is 13.1 Å². The average Bonchev–Trinajstić information content (AvgIpc) is 3.37. The van der Waals surface area contributed by atoms with Crippen LogP contribution in [0.25, 0.3) is 5.82 Å². The predicted molar refractivity (Wildman–Crippen MR) is 83.3 cm³/mol. The van der Waals surface area contributed by atoms with Gasteiger partial charge in [0.15, 0.2) is 5.82 Å². The van der Waals surface area contributed by atoms with Crippen molar-refractivity contribution in [2.24, 2.45) is 5.92 Å². The first-order valence-electron chi connectivity index (χ1n) is 8.12. The highest BCUT2D eigenvalue weighted by atomic mass is 16.2. The number of aromatic amines is 1. The molecule has 0 spiro atoms. The quantitative estimate of drug-likeness (QED) is 0.919. The molecule has 0 radical (unpaired) electrons. The van der Waals surface area contributed by atoms with Gasteiger partial charge in [0.2, 0.25) is 5.91 Å². The largest absolute Gasteiger partial charge is 0.349 e. The molecule has 1 saturated heterocycles. The minimum atomic E-state index is -0.268. The normalized spacial score (nSPS) is 19.0. The second-order valence-electron chi connectivity index (χ2n) is 6.29. The number of likely N-dealkylation sites (tertiary alicyclic amines) is 1. The Morgan fingerprint density at radius 3 is 2.61 bits per heavy atom. The number of nitrogens with one attached hydrogen (secondary N) is 1. The molecule has 0 unspecified atom stereocenters. The molecule has 7 nitrogen and oxygen atoms in total. The molecule has 0 aromatic carbocycles. The standard InChI is InChI=1S/C16H19N5O2/c22-15(12-4-5-12)20-9-6-11(7-10-20)14-18-16(23)21(19-14)13-3-1-2-8-17-13/h1-3,8,11-12H,4-7,9-10H2,(H,18,19,23). The summed E-state index contributed by atoms with van der Waals surface area (Å²) in [7, 11) is 0. The first-order valence-corrected chi connectivity index (χ1v) is 8.12. The molecule has 1 amide bonds. The van der Waals surface area contributed by atoms with E-state index in [-0.39, 0.29) is 17.5 Å². The third-order valence-corrected chi connectivity index (χ3v) is 4.62. The average molecular weight is 313 g/mol. The number of carbonyl (C=O) groups is 1. The number of hydrogen-bond donors (Lipinski definition) is 1. The van der Waals surface area contributed by atoms with Gasteiger partial charge in [-0.05, 0) is 37.8 Å². The van der Waals surface area contributed by atoms with E-state index < -0.39 is 0 Å². The highest BCUT2D eigenvalue weighted by molar-refractivity contribution is 5.81. The van der Waals surface area contributed by atoms with E-state index in [2.05, 4.69) is 15.1 Å². The van der Waals surface area contributed by atoms with Gasteiger partial charge < -0.3 is 4.90 Å². The molecule has 1 aliphatic heterocycles. The van der Waals surface area contributed by atoms with E-state index in [1.807, 2.05) is 11.0 Å². The van der Waals surface area contributed by atoms with E-state index in [0.717, 1.165) is 38.8 Å². The van der Waals surface area contributed by atoms with E-state index in [9.17, 15) is 9.59 Å². The van der Waals surface area contributed by atoms with Gasteiger partial charge in [-0.2, -0.15) is 4.68 Å². The van der Waals surface area contributed by atoms with Gasteiger partial charge in [-0.25, -0.2) is 9.78 Å². The van der Waals surface area contributed by atoms with Crippen LogP contribution >= 0.6 is 0 Å². The van der Waals surface area contributed by atoms with Crippen LogP contribution in [0.15, 0.2) is 29.2 Å². The first-order chi connectivity index (χ1) is 11.2. The summed E-state index contributed by atoms with van der Waals surface area (Å²) >= 11 is 0. The number of amides is 1. The van der Waals surface area contributed by atoms with Crippen LogP contribution in [0, 0.1) is 5.92 Å². The number of carbonyl (C=O) groups excluding carboxylic acids is 1. The van der Waals surface area contributed by atoms with Crippen LogP contribution in [0.4, 0.5) is 0 Å². The van der Waals surface area contributed by atoms with Gasteiger partial charge >= 0.3 is 5.69 Å². The summed E-state index contributed by atoms with van der Waals surface area (Å²) in [4.78, 5) is 33.1. The molecular weight excluding hydrogens is 294 g/mol. The Kier molecular flexibility index (Phi) is 3.48. The molecule has 0 bridgehead atoms. The summed E-state index contributed by atoms with van der Waals surface area (Å²) in [5, 5.41) is 4.40. The van der Waals surface area contributed by atoms with Crippen molar-refractivity contribution >= 4 is 5.91 Å². The molecule has 4 rings (SSSR count). The zero-order valence-corrected chi connectivity index (χ0v) is 12.8. The number of rotatable bonds is 3. The Labute approximate surface area is 133 Å². The van der Waals surface area contributed by atoms with Gasteiger partial charge in [0.1, 0.15) is 5.82 Å². The van der Waals surface area contributed by atoms with Crippen molar-refractivity contribution in [3.05, 3.63) is 40.7 Å². The zero-order chi connectivity index (χ0) is 15.8. The topological polar surface area (TPSA) is 83.9 Å². The molecule has 0 atom stereocenters. The van der Waals surface area contributed by atoms with Gasteiger partial charge in [-0.15, -0.1) is 5.10 Å². The summed E-state index contributed by atoms with van der Waals surface area (Å²) in [5.74, 6) is 1.97. The van der Waals surface area contributed by atoms with Crippen molar-refractivity contribution in [1.29, 1.82) is 0 Å². The Morgan fingerprint density at radius 2 is 1.96 bits per heavy atom. The minimum Gasteiger partial charge on any atom is -0.342 e. The highest BCUT2D eigenvalue weighted by Gasteiger charge is 2.35.